The molecular weight excluding hydrogens is 805 g/mol. The van der Waals surface area contributed by atoms with Crippen molar-refractivity contribution in [3.8, 4) is 0 Å². The van der Waals surface area contributed by atoms with E-state index in [1.54, 1.807) is 0 Å². The zero-order valence-corrected chi connectivity index (χ0v) is 42.7. The summed E-state index contributed by atoms with van der Waals surface area (Å²) in [4.78, 5) is 38.1. The molecule has 0 aromatic heterocycles. The van der Waals surface area contributed by atoms with Crippen molar-refractivity contribution >= 4 is 17.9 Å². The maximum Gasteiger partial charge on any atom is 0.306 e. The van der Waals surface area contributed by atoms with Crippen molar-refractivity contribution in [3.63, 3.8) is 0 Å². The van der Waals surface area contributed by atoms with Crippen molar-refractivity contribution in [1.29, 1.82) is 0 Å². The molecule has 0 spiro atoms. The van der Waals surface area contributed by atoms with Gasteiger partial charge in [0.1, 0.15) is 13.2 Å². The third-order valence-corrected chi connectivity index (χ3v) is 11.7. The smallest absolute Gasteiger partial charge is 0.306 e. The first kappa shape index (κ1) is 61.9. The van der Waals surface area contributed by atoms with E-state index in [1.165, 1.54) is 109 Å². The van der Waals surface area contributed by atoms with Gasteiger partial charge in [-0.05, 0) is 109 Å². The van der Waals surface area contributed by atoms with Crippen molar-refractivity contribution in [3.05, 3.63) is 72.9 Å². The van der Waals surface area contributed by atoms with Gasteiger partial charge in [-0.25, -0.2) is 0 Å². The van der Waals surface area contributed by atoms with Crippen LogP contribution in [0.2, 0.25) is 0 Å². The lowest BCUT2D eigenvalue weighted by Crippen LogP contribution is -2.30. The molecule has 0 aliphatic carbocycles. The first-order valence-electron chi connectivity index (χ1n) is 27.4. The summed E-state index contributed by atoms with van der Waals surface area (Å²) in [6.07, 6.45) is 67.4. The highest BCUT2D eigenvalue weighted by atomic mass is 16.6. The number of hydrogen-bond acceptors (Lipinski definition) is 6. The molecule has 0 aliphatic rings. The molecule has 0 bridgehead atoms. The molecule has 0 aliphatic heterocycles. The molecule has 0 heterocycles. The largest absolute Gasteiger partial charge is 0.462 e. The number of unbranched alkanes of at least 4 members (excludes halogenated alkanes) is 26. The minimum Gasteiger partial charge on any atom is -0.462 e. The predicted octanol–water partition coefficient (Wildman–Crippen LogP) is 18.2. The Bertz CT molecular complexity index is 1230. The van der Waals surface area contributed by atoms with Crippen molar-refractivity contribution in [2.24, 2.45) is 0 Å². The lowest BCUT2D eigenvalue weighted by molar-refractivity contribution is -0.167. The summed E-state index contributed by atoms with van der Waals surface area (Å²) >= 11 is 0. The SMILES string of the molecule is CC/C=C\C/C=C\C/C=C\CCCCCCCCCC(=O)OCC(COC(=O)CCCCCCC/C=C\CCCCCCCC)OC(=O)CCCCCCC/C=C\C/C=C\CCCCC. The summed E-state index contributed by atoms with van der Waals surface area (Å²) in [5.74, 6) is -0.915. The summed E-state index contributed by atoms with van der Waals surface area (Å²) in [5.41, 5.74) is 0. The number of hydrogen-bond donors (Lipinski definition) is 0. The fourth-order valence-electron chi connectivity index (χ4n) is 7.54. The van der Waals surface area contributed by atoms with Gasteiger partial charge >= 0.3 is 17.9 Å². The van der Waals surface area contributed by atoms with Gasteiger partial charge in [-0.2, -0.15) is 0 Å². The van der Waals surface area contributed by atoms with Gasteiger partial charge in [0.2, 0.25) is 0 Å². The van der Waals surface area contributed by atoms with E-state index in [9.17, 15) is 14.4 Å². The van der Waals surface area contributed by atoms with E-state index in [2.05, 4.69) is 93.7 Å². The van der Waals surface area contributed by atoms with Gasteiger partial charge in [0, 0.05) is 19.3 Å². The van der Waals surface area contributed by atoms with Crippen LogP contribution in [-0.2, 0) is 28.6 Å². The molecule has 1 unspecified atom stereocenters. The molecule has 0 N–H and O–H groups in total. The Balaban J connectivity index is 4.43. The topological polar surface area (TPSA) is 78.9 Å². The van der Waals surface area contributed by atoms with Crippen LogP contribution in [-0.4, -0.2) is 37.2 Å². The second-order valence-corrected chi connectivity index (χ2v) is 18.1. The number of carbonyl (C=O) groups is 3. The van der Waals surface area contributed by atoms with Gasteiger partial charge in [0.15, 0.2) is 6.10 Å². The first-order valence-corrected chi connectivity index (χ1v) is 27.4. The van der Waals surface area contributed by atoms with Crippen LogP contribution in [0.5, 0.6) is 0 Å². The molecule has 0 aromatic carbocycles. The minimum atomic E-state index is -0.790. The van der Waals surface area contributed by atoms with Crippen LogP contribution >= 0.6 is 0 Å². The third kappa shape index (κ3) is 51.7. The second kappa shape index (κ2) is 53.5. The predicted molar refractivity (Wildman–Crippen MR) is 279 cm³/mol. The number of carbonyl (C=O) groups excluding carboxylic acids is 3. The number of rotatable bonds is 49. The zero-order chi connectivity index (χ0) is 47.2. The Labute approximate surface area is 402 Å². The Morgan fingerprint density at radius 3 is 0.985 bits per heavy atom. The highest BCUT2D eigenvalue weighted by Crippen LogP contribution is 2.14. The van der Waals surface area contributed by atoms with Gasteiger partial charge in [-0.3, -0.25) is 14.4 Å². The van der Waals surface area contributed by atoms with Crippen LogP contribution in [0.4, 0.5) is 0 Å². The van der Waals surface area contributed by atoms with E-state index < -0.39 is 6.10 Å². The van der Waals surface area contributed by atoms with Crippen LogP contribution in [0.3, 0.4) is 0 Å². The molecule has 0 amide bonds. The summed E-state index contributed by atoms with van der Waals surface area (Å²) in [7, 11) is 0. The standard InChI is InChI=1S/C59H102O6/c1-4-7-10-13-16-19-22-25-28-29-32-34-37-40-43-46-49-52-58(61)64-55-56(65-59(62)53-50-47-44-41-38-35-31-27-24-21-18-15-12-9-6-3)54-63-57(60)51-48-45-42-39-36-33-30-26-23-20-17-14-11-8-5-2/h7,10,16,18-19,21,25-28,30-31,56H,4-6,8-9,11-15,17,20,22-24,29,32-55H2,1-3H3/b10-7-,19-16-,21-18-,28-25-,30-26-,31-27-. The zero-order valence-electron chi connectivity index (χ0n) is 42.7. The van der Waals surface area contributed by atoms with Crippen molar-refractivity contribution in [1.82, 2.24) is 0 Å². The van der Waals surface area contributed by atoms with Gasteiger partial charge in [-0.1, -0.05) is 209 Å². The molecule has 0 fully saturated rings. The Hall–Kier alpha value is -3.15. The number of ether oxygens (including phenoxy) is 3. The maximum atomic E-state index is 12.8. The molecule has 1 atom stereocenters. The summed E-state index contributed by atoms with van der Waals surface area (Å²) in [6.45, 7) is 6.48. The van der Waals surface area contributed by atoms with Crippen LogP contribution in [0.15, 0.2) is 72.9 Å². The molecule has 0 saturated carbocycles. The van der Waals surface area contributed by atoms with Crippen molar-refractivity contribution in [2.45, 2.75) is 271 Å². The van der Waals surface area contributed by atoms with Crippen LogP contribution < -0.4 is 0 Å². The summed E-state index contributed by atoms with van der Waals surface area (Å²) in [6, 6.07) is 0. The fourth-order valence-corrected chi connectivity index (χ4v) is 7.54. The van der Waals surface area contributed by atoms with Gasteiger partial charge in [0.25, 0.3) is 0 Å². The van der Waals surface area contributed by atoms with Crippen LogP contribution in [0, 0.1) is 0 Å². The van der Waals surface area contributed by atoms with Gasteiger partial charge in [-0.15, -0.1) is 0 Å². The van der Waals surface area contributed by atoms with E-state index >= 15 is 0 Å². The molecule has 65 heavy (non-hydrogen) atoms. The normalized spacial score (nSPS) is 12.6. The maximum absolute atomic E-state index is 12.8. The Kier molecular flexibility index (Phi) is 50.9. The van der Waals surface area contributed by atoms with Crippen LogP contribution in [0.25, 0.3) is 0 Å². The molecule has 0 radical (unpaired) electrons. The first-order chi connectivity index (χ1) is 32.0. The summed E-state index contributed by atoms with van der Waals surface area (Å²) < 4.78 is 16.8. The van der Waals surface area contributed by atoms with E-state index in [-0.39, 0.29) is 31.1 Å². The quantitative estimate of drug-likeness (QED) is 0.0262. The van der Waals surface area contributed by atoms with E-state index in [0.29, 0.717) is 19.3 Å². The van der Waals surface area contributed by atoms with Crippen molar-refractivity contribution < 1.29 is 28.6 Å². The van der Waals surface area contributed by atoms with E-state index in [4.69, 9.17) is 14.2 Å². The third-order valence-electron chi connectivity index (χ3n) is 11.7. The summed E-state index contributed by atoms with van der Waals surface area (Å²) in [5, 5.41) is 0. The average Bonchev–Trinajstić information content (AvgIpc) is 3.30. The Morgan fingerprint density at radius 2 is 0.600 bits per heavy atom. The van der Waals surface area contributed by atoms with E-state index in [1.807, 2.05) is 0 Å². The second-order valence-electron chi connectivity index (χ2n) is 18.1. The molecular formula is C59H102O6. The fraction of sp³-hybridized carbons (Fsp3) is 0.746. The molecule has 374 valence electrons. The highest BCUT2D eigenvalue weighted by Gasteiger charge is 2.19. The minimum absolute atomic E-state index is 0.0884. The lowest BCUT2D eigenvalue weighted by atomic mass is 10.1. The molecule has 0 saturated heterocycles. The molecule has 6 nitrogen and oxygen atoms in total. The highest BCUT2D eigenvalue weighted by molar-refractivity contribution is 5.71. The monoisotopic (exact) mass is 907 g/mol. The van der Waals surface area contributed by atoms with E-state index in [0.717, 1.165) is 116 Å². The molecule has 0 aromatic rings. The molecule has 0 rings (SSSR count). The van der Waals surface area contributed by atoms with Gasteiger partial charge in [0.05, 0.1) is 0 Å². The Morgan fingerprint density at radius 1 is 0.323 bits per heavy atom. The van der Waals surface area contributed by atoms with Gasteiger partial charge < -0.3 is 14.2 Å². The number of esters is 3. The molecule has 6 heteroatoms. The average molecular weight is 907 g/mol. The van der Waals surface area contributed by atoms with Crippen molar-refractivity contribution in [2.75, 3.05) is 13.2 Å². The van der Waals surface area contributed by atoms with Crippen LogP contribution in [0.1, 0.15) is 265 Å². The lowest BCUT2D eigenvalue weighted by Gasteiger charge is -2.18. The number of allylic oxidation sites excluding steroid dienone is 12.